The highest BCUT2D eigenvalue weighted by Crippen LogP contribution is 2.36. The second kappa shape index (κ2) is 4.71. The van der Waals surface area contributed by atoms with E-state index in [-0.39, 0.29) is 0 Å². The van der Waals surface area contributed by atoms with Crippen LogP contribution in [0, 0.1) is 5.41 Å². The number of hydrogen-bond donors (Lipinski definition) is 0. The third kappa shape index (κ3) is 2.63. The van der Waals surface area contributed by atoms with Gasteiger partial charge in [-0.3, -0.25) is 0 Å². The van der Waals surface area contributed by atoms with Crippen LogP contribution < -0.4 is 4.90 Å². The van der Waals surface area contributed by atoms with Gasteiger partial charge in [-0.2, -0.15) is 0 Å². The zero-order valence-corrected chi connectivity index (χ0v) is 11.9. The molecule has 0 radical (unpaired) electrons. The molecule has 1 aromatic rings. The van der Waals surface area contributed by atoms with Gasteiger partial charge in [0.05, 0.1) is 10.8 Å². The Hall–Kier alpha value is 0.01000. The maximum atomic E-state index is 6.01. The molecule has 5 heteroatoms. The average molecular weight is 279 g/mol. The molecule has 2 heterocycles. The molecular formula is C11H16Cl2N2S. The third-order valence-electron chi connectivity index (χ3n) is 3.15. The van der Waals surface area contributed by atoms with E-state index < -0.39 is 0 Å². The maximum Gasteiger partial charge on any atom is 0.187 e. The van der Waals surface area contributed by atoms with E-state index in [9.17, 15) is 0 Å². The van der Waals surface area contributed by atoms with Crippen LogP contribution in [-0.2, 0) is 5.88 Å². The third-order valence-corrected chi connectivity index (χ3v) is 5.11. The summed E-state index contributed by atoms with van der Waals surface area (Å²) in [6.45, 7) is 6.78. The Bertz CT molecular complexity index is 366. The van der Waals surface area contributed by atoms with Gasteiger partial charge in [0.15, 0.2) is 5.13 Å². The first-order chi connectivity index (χ1) is 7.52. The molecule has 0 aliphatic carbocycles. The molecule has 0 saturated carbocycles. The fourth-order valence-electron chi connectivity index (χ4n) is 1.84. The van der Waals surface area contributed by atoms with Crippen molar-refractivity contribution in [2.75, 3.05) is 18.0 Å². The molecule has 1 fully saturated rings. The molecule has 0 unspecified atom stereocenters. The summed E-state index contributed by atoms with van der Waals surface area (Å²) in [7, 11) is 0. The van der Waals surface area contributed by atoms with Crippen molar-refractivity contribution < 1.29 is 0 Å². The molecule has 0 aromatic carbocycles. The highest BCUT2D eigenvalue weighted by Gasteiger charge is 2.27. The molecule has 0 bridgehead atoms. The standard InChI is InChI=1S/C11H16Cl2N2S/c1-11(2)3-5-15(6-4-11)10-14-9(13)8(7-12)16-10/h3-7H2,1-2H3. The number of piperidine rings is 1. The highest BCUT2D eigenvalue weighted by molar-refractivity contribution is 7.16. The van der Waals surface area contributed by atoms with Crippen LogP contribution in [0.3, 0.4) is 0 Å². The lowest BCUT2D eigenvalue weighted by atomic mass is 9.83. The van der Waals surface area contributed by atoms with E-state index in [0.717, 1.165) is 23.1 Å². The van der Waals surface area contributed by atoms with Crippen molar-refractivity contribution >= 4 is 39.7 Å². The van der Waals surface area contributed by atoms with Gasteiger partial charge in [-0.1, -0.05) is 36.8 Å². The van der Waals surface area contributed by atoms with Gasteiger partial charge in [-0.05, 0) is 18.3 Å². The molecule has 0 N–H and O–H groups in total. The van der Waals surface area contributed by atoms with E-state index in [0.29, 0.717) is 16.4 Å². The minimum absolute atomic E-state index is 0.454. The van der Waals surface area contributed by atoms with E-state index in [1.165, 1.54) is 12.8 Å². The predicted octanol–water partition coefficient (Wildman–Crippen LogP) is 4.16. The summed E-state index contributed by atoms with van der Waals surface area (Å²) >= 11 is 13.4. The fourth-order valence-corrected chi connectivity index (χ4v) is 3.37. The molecular weight excluding hydrogens is 263 g/mol. The van der Waals surface area contributed by atoms with Gasteiger partial charge in [0.1, 0.15) is 5.15 Å². The number of hydrogen-bond acceptors (Lipinski definition) is 3. The molecule has 2 rings (SSSR count). The summed E-state index contributed by atoms with van der Waals surface area (Å²) in [5.41, 5.74) is 0.465. The first kappa shape index (κ1) is 12.5. The van der Waals surface area contributed by atoms with Crippen LogP contribution in [-0.4, -0.2) is 18.1 Å². The SMILES string of the molecule is CC1(C)CCN(c2nc(Cl)c(CCl)s2)CC1. The Morgan fingerprint density at radius 1 is 1.38 bits per heavy atom. The maximum absolute atomic E-state index is 6.01. The van der Waals surface area contributed by atoms with Gasteiger partial charge in [-0.15, -0.1) is 11.6 Å². The Balaban J connectivity index is 2.08. The summed E-state index contributed by atoms with van der Waals surface area (Å²) in [6.07, 6.45) is 2.42. The minimum Gasteiger partial charge on any atom is -0.348 e. The van der Waals surface area contributed by atoms with Crippen LogP contribution in [0.4, 0.5) is 5.13 Å². The van der Waals surface area contributed by atoms with Crippen LogP contribution >= 0.6 is 34.5 Å². The van der Waals surface area contributed by atoms with Crippen molar-refractivity contribution in [3.8, 4) is 0 Å². The molecule has 1 aliphatic heterocycles. The van der Waals surface area contributed by atoms with Crippen molar-refractivity contribution in [2.45, 2.75) is 32.6 Å². The summed E-state index contributed by atoms with van der Waals surface area (Å²) in [5.74, 6) is 0.454. The Kier molecular flexibility index (Phi) is 3.67. The zero-order valence-electron chi connectivity index (χ0n) is 9.59. The van der Waals surface area contributed by atoms with E-state index in [2.05, 4.69) is 23.7 Å². The van der Waals surface area contributed by atoms with Crippen LogP contribution in [0.25, 0.3) is 0 Å². The van der Waals surface area contributed by atoms with Gasteiger partial charge in [0, 0.05) is 13.1 Å². The van der Waals surface area contributed by atoms with Crippen molar-refractivity contribution in [2.24, 2.45) is 5.41 Å². The summed E-state index contributed by atoms with van der Waals surface area (Å²) in [4.78, 5) is 7.67. The Labute approximate surface area is 111 Å². The normalized spacial score (nSPS) is 20.1. The summed E-state index contributed by atoms with van der Waals surface area (Å²) < 4.78 is 0. The lowest BCUT2D eigenvalue weighted by molar-refractivity contribution is 0.280. The van der Waals surface area contributed by atoms with Crippen molar-refractivity contribution in [3.63, 3.8) is 0 Å². The number of thiazole rings is 1. The molecule has 0 atom stereocenters. The molecule has 16 heavy (non-hydrogen) atoms. The van der Waals surface area contributed by atoms with E-state index >= 15 is 0 Å². The van der Waals surface area contributed by atoms with Crippen molar-refractivity contribution in [3.05, 3.63) is 10.0 Å². The van der Waals surface area contributed by atoms with Gasteiger partial charge < -0.3 is 4.90 Å². The lowest BCUT2D eigenvalue weighted by Gasteiger charge is -2.36. The van der Waals surface area contributed by atoms with Crippen molar-refractivity contribution in [1.29, 1.82) is 0 Å². The first-order valence-electron chi connectivity index (χ1n) is 5.48. The van der Waals surface area contributed by atoms with Crippen LogP contribution in [0.5, 0.6) is 0 Å². The number of anilines is 1. The zero-order chi connectivity index (χ0) is 11.8. The topological polar surface area (TPSA) is 16.1 Å². The number of alkyl halides is 1. The summed E-state index contributed by atoms with van der Waals surface area (Å²) in [6, 6.07) is 0. The van der Waals surface area contributed by atoms with E-state index in [4.69, 9.17) is 23.2 Å². The molecule has 2 nitrogen and oxygen atoms in total. The van der Waals surface area contributed by atoms with E-state index in [1.807, 2.05) is 0 Å². The van der Waals surface area contributed by atoms with Crippen LogP contribution in [0.2, 0.25) is 5.15 Å². The molecule has 90 valence electrons. The van der Waals surface area contributed by atoms with Gasteiger partial charge in [-0.25, -0.2) is 4.98 Å². The highest BCUT2D eigenvalue weighted by atomic mass is 35.5. The largest absolute Gasteiger partial charge is 0.348 e. The molecule has 1 saturated heterocycles. The molecule has 1 aromatic heterocycles. The Morgan fingerprint density at radius 3 is 2.50 bits per heavy atom. The second-order valence-electron chi connectivity index (χ2n) is 5.00. The van der Waals surface area contributed by atoms with Crippen LogP contribution in [0.15, 0.2) is 0 Å². The minimum atomic E-state index is 0.454. The number of rotatable bonds is 2. The Morgan fingerprint density at radius 2 is 2.00 bits per heavy atom. The van der Waals surface area contributed by atoms with Gasteiger partial charge >= 0.3 is 0 Å². The first-order valence-corrected chi connectivity index (χ1v) is 7.21. The van der Waals surface area contributed by atoms with E-state index in [1.54, 1.807) is 11.3 Å². The molecule has 0 amide bonds. The van der Waals surface area contributed by atoms with Gasteiger partial charge in [0.25, 0.3) is 0 Å². The van der Waals surface area contributed by atoms with Crippen LogP contribution in [0.1, 0.15) is 31.6 Å². The van der Waals surface area contributed by atoms with Gasteiger partial charge in [0.2, 0.25) is 0 Å². The number of aromatic nitrogens is 1. The number of halogens is 2. The quantitative estimate of drug-likeness (QED) is 0.756. The number of nitrogens with zero attached hydrogens (tertiary/aromatic N) is 2. The fraction of sp³-hybridized carbons (Fsp3) is 0.727. The second-order valence-corrected chi connectivity index (χ2v) is 6.68. The molecule has 1 aliphatic rings. The average Bonchev–Trinajstić information content (AvgIpc) is 2.59. The van der Waals surface area contributed by atoms with Crippen molar-refractivity contribution in [1.82, 2.24) is 4.98 Å². The predicted molar refractivity (Wildman–Crippen MR) is 71.9 cm³/mol. The smallest absolute Gasteiger partial charge is 0.187 e. The summed E-state index contributed by atoms with van der Waals surface area (Å²) in [5, 5.41) is 1.59. The monoisotopic (exact) mass is 278 g/mol. The molecule has 0 spiro atoms. The lowest BCUT2D eigenvalue weighted by Crippen LogP contribution is -2.37.